The molecule has 3 heteroatoms. The van der Waals surface area contributed by atoms with E-state index in [-0.39, 0.29) is 5.63 Å². The van der Waals surface area contributed by atoms with Crippen molar-refractivity contribution in [3.63, 3.8) is 0 Å². The first-order valence-corrected chi connectivity index (χ1v) is 8.43. The average Bonchev–Trinajstić information content (AvgIpc) is 2.49. The minimum Gasteiger partial charge on any atom is -0.423 e. The predicted octanol–water partition coefficient (Wildman–Crippen LogP) is 2.73. The van der Waals surface area contributed by atoms with Crippen LogP contribution in [0.25, 0.3) is 11.0 Å². The van der Waals surface area contributed by atoms with Crippen LogP contribution in [-0.4, -0.2) is 13.1 Å². The van der Waals surface area contributed by atoms with Gasteiger partial charge in [0.25, 0.3) is 0 Å². The van der Waals surface area contributed by atoms with Crippen LogP contribution in [0.15, 0.2) is 33.5 Å². The summed E-state index contributed by atoms with van der Waals surface area (Å²) in [6.45, 7) is 10.0. The molecule has 22 heavy (non-hydrogen) atoms. The monoisotopic (exact) mass is 300 g/mol. The summed E-state index contributed by atoms with van der Waals surface area (Å²) in [5.41, 5.74) is 2.92. The number of fused-ring (bicyclic) bond motifs is 1. The topological polar surface area (TPSA) is 34.7 Å². The summed E-state index contributed by atoms with van der Waals surface area (Å²) in [5.74, 6) is 1.32. The van der Waals surface area contributed by atoms with Gasteiger partial charge in [0.15, 0.2) is 0 Å². The highest BCUT2D eigenvalue weighted by Crippen LogP contribution is 2.23. The summed E-state index contributed by atoms with van der Waals surface area (Å²) >= 11 is 0. The Morgan fingerprint density at radius 1 is 1.23 bits per heavy atom. The molecular weight excluding hydrogens is 274 g/mol. The maximum Gasteiger partial charge on any atom is 0.336 e. The van der Waals surface area contributed by atoms with E-state index in [4.69, 9.17) is 4.42 Å². The van der Waals surface area contributed by atoms with Crippen molar-refractivity contribution in [2.24, 2.45) is 5.92 Å². The first-order valence-electron chi connectivity index (χ1n) is 8.43. The van der Waals surface area contributed by atoms with Crippen LogP contribution >= 0.6 is 0 Å². The van der Waals surface area contributed by atoms with Gasteiger partial charge in [0.05, 0.1) is 13.1 Å². The maximum atomic E-state index is 11.8. The molecule has 3 rings (SSSR count). The largest absolute Gasteiger partial charge is 0.423 e. The molecule has 1 aliphatic rings. The molecule has 2 heterocycles. The first-order chi connectivity index (χ1) is 10.5. The molecule has 0 bridgehead atoms. The zero-order valence-electron chi connectivity index (χ0n) is 13.8. The summed E-state index contributed by atoms with van der Waals surface area (Å²) in [6, 6.07) is 7.90. The fourth-order valence-electron chi connectivity index (χ4n) is 3.37. The van der Waals surface area contributed by atoms with Gasteiger partial charge in [-0.05, 0) is 42.4 Å². The lowest BCUT2D eigenvalue weighted by Crippen LogP contribution is -3.11. The third-order valence-electron chi connectivity index (χ3n) is 4.94. The second-order valence-electron chi connectivity index (χ2n) is 7.11. The van der Waals surface area contributed by atoms with Crippen LogP contribution in [0.2, 0.25) is 0 Å². The van der Waals surface area contributed by atoms with E-state index < -0.39 is 0 Å². The van der Waals surface area contributed by atoms with Gasteiger partial charge in [-0.3, -0.25) is 0 Å². The van der Waals surface area contributed by atoms with Crippen molar-refractivity contribution < 1.29 is 9.32 Å². The van der Waals surface area contributed by atoms with Crippen LogP contribution in [0.4, 0.5) is 0 Å². The lowest BCUT2D eigenvalue weighted by molar-refractivity contribution is -0.919. The van der Waals surface area contributed by atoms with Crippen LogP contribution in [0.1, 0.15) is 50.7 Å². The SMILES string of the molecule is CC1CC[NH+](Cc2cc(=O)oc3ccc(C(C)C)cc23)CC1. The van der Waals surface area contributed by atoms with Gasteiger partial charge in [0.2, 0.25) is 0 Å². The molecule has 0 unspecified atom stereocenters. The van der Waals surface area contributed by atoms with E-state index in [1.165, 1.54) is 31.5 Å². The minimum absolute atomic E-state index is 0.232. The Kier molecular flexibility index (Phi) is 4.34. The van der Waals surface area contributed by atoms with Gasteiger partial charge >= 0.3 is 5.63 Å². The number of hydrogen-bond donors (Lipinski definition) is 1. The molecule has 1 aromatic heterocycles. The number of piperidine rings is 1. The highest BCUT2D eigenvalue weighted by atomic mass is 16.4. The molecule has 0 saturated carbocycles. The quantitative estimate of drug-likeness (QED) is 0.885. The molecule has 3 nitrogen and oxygen atoms in total. The van der Waals surface area contributed by atoms with Crippen molar-refractivity contribution in [1.29, 1.82) is 0 Å². The zero-order chi connectivity index (χ0) is 15.7. The van der Waals surface area contributed by atoms with Crippen LogP contribution < -0.4 is 10.5 Å². The summed E-state index contributed by atoms with van der Waals surface area (Å²) in [6.07, 6.45) is 2.57. The molecule has 2 aromatic rings. The van der Waals surface area contributed by atoms with Gasteiger partial charge in [-0.15, -0.1) is 0 Å². The van der Waals surface area contributed by atoms with E-state index in [9.17, 15) is 4.79 Å². The first kappa shape index (κ1) is 15.3. The normalized spacial score (nSPS) is 22.4. The highest BCUT2D eigenvalue weighted by Gasteiger charge is 2.20. The van der Waals surface area contributed by atoms with E-state index in [0.717, 1.165) is 29.0 Å². The van der Waals surface area contributed by atoms with Crippen molar-refractivity contribution >= 4 is 11.0 Å². The molecule has 1 aromatic carbocycles. The van der Waals surface area contributed by atoms with Gasteiger partial charge in [-0.25, -0.2) is 4.79 Å². The van der Waals surface area contributed by atoms with Gasteiger partial charge in [-0.2, -0.15) is 0 Å². The Morgan fingerprint density at radius 3 is 2.64 bits per heavy atom. The Balaban J connectivity index is 1.96. The minimum atomic E-state index is -0.232. The zero-order valence-corrected chi connectivity index (χ0v) is 13.8. The van der Waals surface area contributed by atoms with Crippen LogP contribution in [-0.2, 0) is 6.54 Å². The number of likely N-dealkylation sites (tertiary alicyclic amines) is 1. The maximum absolute atomic E-state index is 11.8. The second kappa shape index (κ2) is 6.25. The number of hydrogen-bond acceptors (Lipinski definition) is 2. The van der Waals surface area contributed by atoms with Gasteiger partial charge in [0, 0.05) is 17.0 Å². The van der Waals surface area contributed by atoms with E-state index in [2.05, 4.69) is 32.9 Å². The smallest absolute Gasteiger partial charge is 0.336 e. The molecule has 0 amide bonds. The van der Waals surface area contributed by atoms with Gasteiger partial charge in [-0.1, -0.05) is 26.8 Å². The van der Waals surface area contributed by atoms with Crippen LogP contribution in [0, 0.1) is 5.92 Å². The van der Waals surface area contributed by atoms with Crippen LogP contribution in [0.3, 0.4) is 0 Å². The van der Waals surface area contributed by atoms with Crippen molar-refractivity contribution in [3.05, 3.63) is 45.8 Å². The Bertz CT molecular complexity index is 709. The predicted molar refractivity (Wildman–Crippen MR) is 89.4 cm³/mol. The Hall–Kier alpha value is -1.61. The second-order valence-corrected chi connectivity index (χ2v) is 7.11. The molecule has 118 valence electrons. The molecular formula is C19H26NO2+. The molecule has 0 aliphatic carbocycles. The van der Waals surface area contributed by atoms with Crippen LogP contribution in [0.5, 0.6) is 0 Å². The summed E-state index contributed by atoms with van der Waals surface area (Å²) in [4.78, 5) is 13.4. The van der Waals surface area contributed by atoms with Crippen molar-refractivity contribution in [2.45, 2.75) is 46.1 Å². The third-order valence-corrected chi connectivity index (χ3v) is 4.94. The molecule has 1 fully saturated rings. The highest BCUT2D eigenvalue weighted by molar-refractivity contribution is 5.80. The van der Waals surface area contributed by atoms with Crippen molar-refractivity contribution in [1.82, 2.24) is 0 Å². The number of quaternary nitrogens is 1. The number of rotatable bonds is 3. The Labute approximate surface area is 131 Å². The molecule has 0 radical (unpaired) electrons. The standard InChI is InChI=1S/C19H25NO2/c1-13(2)15-4-5-18-17(10-15)16(11-19(21)22-18)12-20-8-6-14(3)7-9-20/h4-5,10-11,13-14H,6-9,12H2,1-3H3/p+1. The average molecular weight is 300 g/mol. The van der Waals surface area contributed by atoms with E-state index in [1.807, 2.05) is 6.07 Å². The lowest BCUT2D eigenvalue weighted by atomic mass is 9.97. The van der Waals surface area contributed by atoms with E-state index >= 15 is 0 Å². The molecule has 1 aliphatic heterocycles. The molecule has 1 N–H and O–H groups in total. The molecule has 0 spiro atoms. The van der Waals surface area contributed by atoms with Crippen molar-refractivity contribution in [2.75, 3.05) is 13.1 Å². The Morgan fingerprint density at radius 2 is 1.95 bits per heavy atom. The molecule has 0 atom stereocenters. The van der Waals surface area contributed by atoms with Gasteiger partial charge in [0.1, 0.15) is 12.1 Å². The van der Waals surface area contributed by atoms with Crippen molar-refractivity contribution in [3.8, 4) is 0 Å². The number of nitrogens with one attached hydrogen (secondary N) is 1. The van der Waals surface area contributed by atoms with E-state index in [0.29, 0.717) is 5.92 Å². The summed E-state index contributed by atoms with van der Waals surface area (Å²) < 4.78 is 5.38. The number of benzene rings is 1. The third kappa shape index (κ3) is 3.25. The fraction of sp³-hybridized carbons (Fsp3) is 0.526. The van der Waals surface area contributed by atoms with Gasteiger partial charge < -0.3 is 9.32 Å². The summed E-state index contributed by atoms with van der Waals surface area (Å²) in [5, 5.41) is 1.11. The molecule has 1 saturated heterocycles. The lowest BCUT2D eigenvalue weighted by Gasteiger charge is -2.27. The van der Waals surface area contributed by atoms with E-state index in [1.54, 1.807) is 11.0 Å². The fourth-order valence-corrected chi connectivity index (χ4v) is 3.37. The summed E-state index contributed by atoms with van der Waals surface area (Å²) in [7, 11) is 0.